The zero-order valence-corrected chi connectivity index (χ0v) is 17.7. The van der Waals surface area contributed by atoms with Crippen LogP contribution in [-0.2, 0) is 24.0 Å². The average molecular weight is 431 g/mol. The molecule has 0 aliphatic carbocycles. The summed E-state index contributed by atoms with van der Waals surface area (Å²) in [5.41, 5.74) is 10.5. The molecule has 0 rings (SSSR count). The molecule has 0 fully saturated rings. The molecule has 172 valence electrons. The molecule has 0 radical (unpaired) electrons. The van der Waals surface area contributed by atoms with Gasteiger partial charge >= 0.3 is 5.97 Å². The van der Waals surface area contributed by atoms with Gasteiger partial charge in [0, 0.05) is 0 Å². The summed E-state index contributed by atoms with van der Waals surface area (Å²) >= 11 is 0. The van der Waals surface area contributed by atoms with Gasteiger partial charge in [-0.05, 0) is 18.3 Å². The van der Waals surface area contributed by atoms with Crippen molar-refractivity contribution in [3.63, 3.8) is 0 Å². The van der Waals surface area contributed by atoms with Crippen molar-refractivity contribution in [2.75, 3.05) is 6.61 Å². The lowest BCUT2D eigenvalue weighted by molar-refractivity contribution is -0.143. The third-order valence-corrected chi connectivity index (χ3v) is 4.14. The van der Waals surface area contributed by atoms with Crippen LogP contribution in [0.2, 0.25) is 0 Å². The molecule has 0 aromatic heterocycles. The largest absolute Gasteiger partial charge is 0.480 e. The first-order chi connectivity index (χ1) is 13.8. The number of aliphatic carboxylic acids is 1. The average Bonchev–Trinajstić information content (AvgIpc) is 2.61. The molecule has 0 saturated carbocycles. The fraction of sp³-hybridized carbons (Fsp3) is 0.722. The van der Waals surface area contributed by atoms with E-state index in [4.69, 9.17) is 11.5 Å². The van der Waals surface area contributed by atoms with Gasteiger partial charge in [-0.1, -0.05) is 27.7 Å². The Labute approximate surface area is 175 Å². The van der Waals surface area contributed by atoms with E-state index in [1.165, 1.54) is 0 Å². The molecular weight excluding hydrogens is 398 g/mol. The van der Waals surface area contributed by atoms with Crippen LogP contribution in [0.3, 0.4) is 0 Å². The summed E-state index contributed by atoms with van der Waals surface area (Å²) in [4.78, 5) is 59.2. The molecule has 4 unspecified atom stereocenters. The van der Waals surface area contributed by atoms with Crippen LogP contribution in [0.4, 0.5) is 0 Å². The Kier molecular flexibility index (Phi) is 11.6. The monoisotopic (exact) mass is 431 g/mol. The van der Waals surface area contributed by atoms with E-state index in [0.717, 1.165) is 0 Å². The second-order valence-electron chi connectivity index (χ2n) is 7.78. The maximum absolute atomic E-state index is 12.6. The molecule has 0 heterocycles. The number of carbonyl (C=O) groups is 5. The smallest absolute Gasteiger partial charge is 0.326 e. The zero-order valence-electron chi connectivity index (χ0n) is 17.7. The van der Waals surface area contributed by atoms with Gasteiger partial charge in [-0.25, -0.2) is 4.79 Å². The Morgan fingerprint density at radius 2 is 1.40 bits per heavy atom. The number of hydrogen-bond donors (Lipinski definition) is 7. The van der Waals surface area contributed by atoms with Crippen molar-refractivity contribution in [1.29, 1.82) is 0 Å². The van der Waals surface area contributed by atoms with Crippen molar-refractivity contribution in [3.8, 4) is 0 Å². The highest BCUT2D eigenvalue weighted by Crippen LogP contribution is 2.08. The van der Waals surface area contributed by atoms with Crippen LogP contribution >= 0.6 is 0 Å². The molecule has 0 aromatic carbocycles. The number of hydrogen-bond acceptors (Lipinski definition) is 7. The van der Waals surface area contributed by atoms with Crippen molar-refractivity contribution in [3.05, 3.63) is 0 Å². The molecule has 0 aromatic rings. The lowest BCUT2D eigenvalue weighted by atomic mass is 10.00. The number of carboxylic acids is 1. The molecule has 4 amide bonds. The second-order valence-corrected chi connectivity index (χ2v) is 7.78. The van der Waals surface area contributed by atoms with Crippen LogP contribution in [0.25, 0.3) is 0 Å². The highest BCUT2D eigenvalue weighted by atomic mass is 16.4. The van der Waals surface area contributed by atoms with Gasteiger partial charge in [0.15, 0.2) is 0 Å². The van der Waals surface area contributed by atoms with Crippen LogP contribution in [0, 0.1) is 11.8 Å². The molecule has 4 atom stereocenters. The van der Waals surface area contributed by atoms with Crippen LogP contribution in [0.1, 0.15) is 40.5 Å². The van der Waals surface area contributed by atoms with Gasteiger partial charge in [-0.2, -0.15) is 0 Å². The van der Waals surface area contributed by atoms with Crippen molar-refractivity contribution >= 4 is 29.6 Å². The summed E-state index contributed by atoms with van der Waals surface area (Å²) in [6.07, 6.45) is -0.248. The molecule has 12 heteroatoms. The van der Waals surface area contributed by atoms with E-state index < -0.39 is 72.7 Å². The van der Waals surface area contributed by atoms with E-state index in [1.807, 2.05) is 0 Å². The first-order valence-corrected chi connectivity index (χ1v) is 9.58. The van der Waals surface area contributed by atoms with Crippen molar-refractivity contribution < 1.29 is 34.2 Å². The van der Waals surface area contributed by atoms with Crippen LogP contribution in [-0.4, -0.2) is 70.6 Å². The summed E-state index contributed by atoms with van der Waals surface area (Å²) in [5.74, 6) is -4.88. The van der Waals surface area contributed by atoms with Crippen molar-refractivity contribution in [2.24, 2.45) is 23.3 Å². The molecule has 0 spiro atoms. The van der Waals surface area contributed by atoms with Crippen LogP contribution < -0.4 is 27.4 Å². The Morgan fingerprint density at radius 3 is 1.80 bits per heavy atom. The second kappa shape index (κ2) is 12.8. The molecular formula is C18H33N5O7. The minimum Gasteiger partial charge on any atom is -0.480 e. The van der Waals surface area contributed by atoms with E-state index in [-0.39, 0.29) is 12.3 Å². The van der Waals surface area contributed by atoms with Gasteiger partial charge in [0.1, 0.15) is 18.1 Å². The number of aliphatic hydroxyl groups excluding tert-OH is 1. The lowest BCUT2D eigenvalue weighted by Gasteiger charge is -2.26. The SMILES string of the molecule is CC(C)CC(NC(=O)C(NC(=O)C(CO)NC(=O)C(N)CC(N)=O)C(C)C)C(=O)O. The Bertz CT molecular complexity index is 638. The van der Waals surface area contributed by atoms with Crippen molar-refractivity contribution in [1.82, 2.24) is 16.0 Å². The first kappa shape index (κ1) is 27.3. The molecule has 9 N–H and O–H groups in total. The van der Waals surface area contributed by atoms with E-state index in [1.54, 1.807) is 27.7 Å². The maximum Gasteiger partial charge on any atom is 0.326 e. The minimum atomic E-state index is -1.43. The number of primary amides is 1. The van der Waals surface area contributed by atoms with Crippen LogP contribution in [0.5, 0.6) is 0 Å². The Morgan fingerprint density at radius 1 is 0.867 bits per heavy atom. The highest BCUT2D eigenvalue weighted by molar-refractivity contribution is 5.95. The van der Waals surface area contributed by atoms with E-state index in [0.29, 0.717) is 0 Å². The fourth-order valence-corrected chi connectivity index (χ4v) is 2.53. The van der Waals surface area contributed by atoms with E-state index >= 15 is 0 Å². The summed E-state index contributed by atoms with van der Waals surface area (Å²) in [6.45, 7) is 6.09. The number of amides is 4. The summed E-state index contributed by atoms with van der Waals surface area (Å²) in [7, 11) is 0. The third kappa shape index (κ3) is 9.65. The fourth-order valence-electron chi connectivity index (χ4n) is 2.53. The quantitative estimate of drug-likeness (QED) is 0.164. The van der Waals surface area contributed by atoms with Gasteiger partial charge in [0.05, 0.1) is 19.1 Å². The zero-order chi connectivity index (χ0) is 23.6. The summed E-state index contributed by atoms with van der Waals surface area (Å²) < 4.78 is 0. The predicted molar refractivity (Wildman–Crippen MR) is 107 cm³/mol. The molecule has 30 heavy (non-hydrogen) atoms. The number of carbonyl (C=O) groups excluding carboxylic acids is 4. The van der Waals surface area contributed by atoms with Gasteiger partial charge in [-0.3, -0.25) is 19.2 Å². The molecule has 12 nitrogen and oxygen atoms in total. The number of carboxylic acid groups (broad SMARTS) is 1. The minimum absolute atomic E-state index is 0.0112. The normalized spacial score (nSPS) is 15.1. The van der Waals surface area contributed by atoms with Gasteiger partial charge in [0.2, 0.25) is 23.6 Å². The van der Waals surface area contributed by atoms with Gasteiger partial charge in [0.25, 0.3) is 0 Å². The Balaban J connectivity index is 5.19. The lowest BCUT2D eigenvalue weighted by Crippen LogP contribution is -2.59. The number of rotatable bonds is 13. The molecule has 0 aliphatic heterocycles. The standard InChI is InChI=1S/C18H33N5O7/c1-8(2)5-11(18(29)30)21-17(28)14(9(3)4)23-16(27)12(7-24)22-15(26)10(19)6-13(20)25/h8-12,14,24H,5-7,19H2,1-4H3,(H2,20,25)(H,21,28)(H,22,26)(H,23,27)(H,29,30). The maximum atomic E-state index is 12.6. The van der Waals surface area contributed by atoms with E-state index in [9.17, 15) is 34.2 Å². The number of nitrogens with two attached hydrogens (primary N) is 2. The summed E-state index contributed by atoms with van der Waals surface area (Å²) in [6, 6.07) is -4.98. The molecule has 0 saturated heterocycles. The highest BCUT2D eigenvalue weighted by Gasteiger charge is 2.32. The molecule has 0 bridgehead atoms. The molecule has 0 aliphatic rings. The van der Waals surface area contributed by atoms with Crippen molar-refractivity contribution in [2.45, 2.75) is 64.7 Å². The first-order valence-electron chi connectivity index (χ1n) is 9.58. The number of aliphatic hydroxyl groups is 1. The van der Waals surface area contributed by atoms with Gasteiger partial charge < -0.3 is 37.6 Å². The third-order valence-electron chi connectivity index (χ3n) is 4.14. The predicted octanol–water partition coefficient (Wildman–Crippen LogP) is -2.58. The topological polar surface area (TPSA) is 214 Å². The summed E-state index contributed by atoms with van der Waals surface area (Å²) in [5, 5.41) is 25.7. The Hall–Kier alpha value is -2.73. The van der Waals surface area contributed by atoms with E-state index in [2.05, 4.69) is 16.0 Å². The number of nitrogens with one attached hydrogen (secondary N) is 3. The van der Waals surface area contributed by atoms with Gasteiger partial charge in [-0.15, -0.1) is 0 Å². The van der Waals surface area contributed by atoms with Crippen LogP contribution in [0.15, 0.2) is 0 Å².